The van der Waals surface area contributed by atoms with Gasteiger partial charge in [0.2, 0.25) is 5.43 Å². The van der Waals surface area contributed by atoms with E-state index in [1.54, 1.807) is 18.2 Å². The molecule has 2 aromatic carbocycles. The Kier molecular flexibility index (Phi) is 6.11. The van der Waals surface area contributed by atoms with E-state index in [0.29, 0.717) is 42.3 Å². The van der Waals surface area contributed by atoms with Gasteiger partial charge in [-0.25, -0.2) is 0 Å². The number of rotatable bonds is 7. The number of carbonyl (C=O) groups excluding carboxylic acids is 1. The molecule has 6 nitrogen and oxygen atoms in total. The number of carbonyl (C=O) groups is 1. The minimum Gasteiger partial charge on any atom is -0.494 e. The summed E-state index contributed by atoms with van der Waals surface area (Å²) < 4.78 is 5.45. The topological polar surface area (TPSA) is 97.2 Å². The quantitative estimate of drug-likeness (QED) is 0.588. The average Bonchev–Trinajstić information content (AvgIpc) is 2.72. The first kappa shape index (κ1) is 19.6. The molecule has 3 rings (SSSR count). The molecule has 3 aromatic rings. The van der Waals surface area contributed by atoms with Crippen molar-refractivity contribution in [3.63, 3.8) is 0 Å². The third-order valence-corrected chi connectivity index (χ3v) is 4.76. The second-order valence-corrected chi connectivity index (χ2v) is 6.73. The van der Waals surface area contributed by atoms with Crippen LogP contribution in [-0.2, 0) is 6.54 Å². The summed E-state index contributed by atoms with van der Waals surface area (Å²) in [5, 5.41) is 3.24. The number of pyridine rings is 1. The lowest BCUT2D eigenvalue weighted by Gasteiger charge is -2.10. The molecule has 0 aliphatic heterocycles. The highest BCUT2D eigenvalue weighted by Gasteiger charge is 2.13. The SMILES string of the molecule is CCOc1ccc2[nH]cc(C(=O)NCc3ccc(C(C)CN)cc3)c(=O)c2c1. The van der Waals surface area contributed by atoms with E-state index in [1.165, 1.54) is 6.20 Å². The van der Waals surface area contributed by atoms with Crippen molar-refractivity contribution in [2.75, 3.05) is 13.2 Å². The summed E-state index contributed by atoms with van der Waals surface area (Å²) in [7, 11) is 0. The van der Waals surface area contributed by atoms with Crippen LogP contribution in [0.2, 0.25) is 0 Å². The molecule has 0 saturated carbocycles. The van der Waals surface area contributed by atoms with Crippen LogP contribution in [0.4, 0.5) is 0 Å². The second kappa shape index (κ2) is 8.71. The van der Waals surface area contributed by atoms with Crippen molar-refractivity contribution in [3.05, 3.63) is 75.6 Å². The molecule has 28 heavy (non-hydrogen) atoms. The first-order chi connectivity index (χ1) is 13.5. The molecule has 1 aromatic heterocycles. The molecule has 1 heterocycles. The summed E-state index contributed by atoms with van der Waals surface area (Å²) in [5.74, 6) is 0.482. The third kappa shape index (κ3) is 4.23. The molecule has 0 spiro atoms. The highest BCUT2D eigenvalue weighted by Crippen LogP contribution is 2.17. The van der Waals surface area contributed by atoms with Crippen LogP contribution in [0.25, 0.3) is 10.9 Å². The van der Waals surface area contributed by atoms with Gasteiger partial charge in [0.15, 0.2) is 0 Å². The lowest BCUT2D eigenvalue weighted by atomic mass is 10.00. The number of fused-ring (bicyclic) bond motifs is 1. The van der Waals surface area contributed by atoms with E-state index in [-0.39, 0.29) is 11.0 Å². The lowest BCUT2D eigenvalue weighted by molar-refractivity contribution is 0.0949. The minimum absolute atomic E-state index is 0.0783. The minimum atomic E-state index is -0.413. The van der Waals surface area contributed by atoms with Gasteiger partial charge in [0.1, 0.15) is 11.3 Å². The van der Waals surface area contributed by atoms with Gasteiger partial charge in [-0.15, -0.1) is 0 Å². The lowest BCUT2D eigenvalue weighted by Crippen LogP contribution is -2.28. The van der Waals surface area contributed by atoms with Crippen LogP contribution in [0.5, 0.6) is 5.75 Å². The van der Waals surface area contributed by atoms with Crippen LogP contribution < -0.4 is 21.2 Å². The maximum atomic E-state index is 12.7. The number of aromatic amines is 1. The van der Waals surface area contributed by atoms with Gasteiger partial charge in [0.25, 0.3) is 5.91 Å². The van der Waals surface area contributed by atoms with E-state index in [2.05, 4.69) is 17.2 Å². The summed E-state index contributed by atoms with van der Waals surface area (Å²) >= 11 is 0. The molecule has 0 aliphatic carbocycles. The van der Waals surface area contributed by atoms with E-state index in [9.17, 15) is 9.59 Å². The van der Waals surface area contributed by atoms with Crippen molar-refractivity contribution < 1.29 is 9.53 Å². The molecule has 4 N–H and O–H groups in total. The maximum absolute atomic E-state index is 12.7. The maximum Gasteiger partial charge on any atom is 0.257 e. The standard InChI is InChI=1S/C22H25N3O3/c1-3-28-17-8-9-20-18(10-17)21(26)19(13-24-20)22(27)25-12-15-4-6-16(7-5-15)14(2)11-23/h4-10,13-14H,3,11-12,23H2,1-2H3,(H,24,26)(H,25,27). The van der Waals surface area contributed by atoms with Gasteiger partial charge in [-0.2, -0.15) is 0 Å². The molecular formula is C22H25N3O3. The molecule has 6 heteroatoms. The normalized spacial score (nSPS) is 12.0. The van der Waals surface area contributed by atoms with Crippen molar-refractivity contribution in [2.45, 2.75) is 26.3 Å². The highest BCUT2D eigenvalue weighted by atomic mass is 16.5. The van der Waals surface area contributed by atoms with Gasteiger partial charge in [0, 0.05) is 23.6 Å². The molecule has 1 unspecified atom stereocenters. The summed E-state index contributed by atoms with van der Waals surface area (Å²) in [6, 6.07) is 13.2. The van der Waals surface area contributed by atoms with E-state index < -0.39 is 5.91 Å². The van der Waals surface area contributed by atoms with Crippen LogP contribution in [-0.4, -0.2) is 24.0 Å². The molecule has 0 bridgehead atoms. The van der Waals surface area contributed by atoms with Gasteiger partial charge in [-0.05, 0) is 48.7 Å². The number of benzene rings is 2. The Morgan fingerprint density at radius 2 is 1.96 bits per heavy atom. The molecular weight excluding hydrogens is 354 g/mol. The van der Waals surface area contributed by atoms with Crippen molar-refractivity contribution in [1.82, 2.24) is 10.3 Å². The van der Waals surface area contributed by atoms with Crippen LogP contribution in [0.15, 0.2) is 53.5 Å². The van der Waals surface area contributed by atoms with E-state index in [4.69, 9.17) is 10.5 Å². The fraction of sp³-hybridized carbons (Fsp3) is 0.273. The van der Waals surface area contributed by atoms with Crippen LogP contribution in [0.1, 0.15) is 41.3 Å². The Labute approximate surface area is 163 Å². The number of hydrogen-bond donors (Lipinski definition) is 3. The Bertz CT molecular complexity index is 1030. The zero-order chi connectivity index (χ0) is 20.1. The van der Waals surface area contributed by atoms with Gasteiger partial charge in [-0.1, -0.05) is 31.2 Å². The second-order valence-electron chi connectivity index (χ2n) is 6.73. The zero-order valence-corrected chi connectivity index (χ0v) is 16.1. The van der Waals surface area contributed by atoms with Gasteiger partial charge in [0.05, 0.1) is 6.61 Å². The molecule has 1 atom stereocenters. The van der Waals surface area contributed by atoms with Crippen LogP contribution in [0, 0.1) is 0 Å². The van der Waals surface area contributed by atoms with E-state index in [1.807, 2.05) is 31.2 Å². The number of ether oxygens (including phenoxy) is 1. The first-order valence-electron chi connectivity index (χ1n) is 9.38. The fourth-order valence-corrected chi connectivity index (χ4v) is 3.00. The molecule has 0 radical (unpaired) electrons. The Morgan fingerprint density at radius 1 is 1.21 bits per heavy atom. The number of nitrogens with two attached hydrogens (primary N) is 1. The van der Waals surface area contributed by atoms with Crippen molar-refractivity contribution >= 4 is 16.8 Å². The number of aromatic nitrogens is 1. The zero-order valence-electron chi connectivity index (χ0n) is 16.1. The van der Waals surface area contributed by atoms with Gasteiger partial charge < -0.3 is 20.8 Å². The van der Waals surface area contributed by atoms with Crippen molar-refractivity contribution in [3.8, 4) is 5.75 Å². The summed E-state index contributed by atoms with van der Waals surface area (Å²) in [6.07, 6.45) is 1.45. The highest BCUT2D eigenvalue weighted by molar-refractivity contribution is 5.97. The molecule has 0 aliphatic rings. The smallest absolute Gasteiger partial charge is 0.257 e. The van der Waals surface area contributed by atoms with Crippen molar-refractivity contribution in [1.29, 1.82) is 0 Å². The van der Waals surface area contributed by atoms with Crippen LogP contribution >= 0.6 is 0 Å². The van der Waals surface area contributed by atoms with Crippen LogP contribution in [0.3, 0.4) is 0 Å². The van der Waals surface area contributed by atoms with E-state index in [0.717, 1.165) is 11.1 Å². The number of amides is 1. The molecule has 146 valence electrons. The Morgan fingerprint density at radius 3 is 2.64 bits per heavy atom. The van der Waals surface area contributed by atoms with Gasteiger partial charge >= 0.3 is 0 Å². The Balaban J connectivity index is 1.76. The number of hydrogen-bond acceptors (Lipinski definition) is 4. The molecule has 0 fully saturated rings. The average molecular weight is 379 g/mol. The van der Waals surface area contributed by atoms with Crippen molar-refractivity contribution in [2.24, 2.45) is 5.73 Å². The number of H-pyrrole nitrogens is 1. The summed E-state index contributed by atoms with van der Waals surface area (Å²) in [4.78, 5) is 28.3. The van der Waals surface area contributed by atoms with E-state index >= 15 is 0 Å². The predicted octanol–water partition coefficient (Wildman–Crippen LogP) is 2.92. The first-order valence-corrected chi connectivity index (χ1v) is 9.38. The summed E-state index contributed by atoms with van der Waals surface area (Å²) in [5.41, 5.74) is 8.22. The molecule has 1 amide bonds. The fourth-order valence-electron chi connectivity index (χ4n) is 3.00. The summed E-state index contributed by atoms with van der Waals surface area (Å²) in [6.45, 7) is 5.38. The molecule has 0 saturated heterocycles. The Hall–Kier alpha value is -3.12. The monoisotopic (exact) mass is 379 g/mol. The third-order valence-electron chi connectivity index (χ3n) is 4.76. The predicted molar refractivity (Wildman–Crippen MR) is 111 cm³/mol. The number of nitrogens with one attached hydrogen (secondary N) is 2. The largest absolute Gasteiger partial charge is 0.494 e. The van der Waals surface area contributed by atoms with Gasteiger partial charge in [-0.3, -0.25) is 9.59 Å².